The van der Waals surface area contributed by atoms with Gasteiger partial charge in [0.15, 0.2) is 5.84 Å². The highest BCUT2D eigenvalue weighted by molar-refractivity contribution is 5.96. The Bertz CT molecular complexity index is 202. The largest absolute Gasteiger partial charge is 0.409 e. The third-order valence-corrected chi connectivity index (χ3v) is 1.00. The average Bonchev–Trinajstić information content (AvgIpc) is 2.37. The van der Waals surface area contributed by atoms with Crippen molar-refractivity contribution in [2.75, 3.05) is 0 Å². The smallest absolute Gasteiger partial charge is 0.171 e. The Hall–Kier alpha value is -1.45. The van der Waals surface area contributed by atoms with Gasteiger partial charge < -0.3 is 15.9 Å². The predicted octanol–water partition coefficient (Wildman–Crippen LogP) is 0.109. The number of rotatable bonds is 1. The van der Waals surface area contributed by atoms with E-state index in [-0.39, 0.29) is 5.84 Å². The van der Waals surface area contributed by atoms with Crippen molar-refractivity contribution in [1.82, 2.24) is 4.98 Å². The first-order valence-corrected chi connectivity index (χ1v) is 2.45. The fourth-order valence-corrected chi connectivity index (χ4v) is 0.541. The normalized spacial score (nSPS) is 11.8. The lowest BCUT2D eigenvalue weighted by Crippen LogP contribution is -2.11. The quantitative estimate of drug-likeness (QED) is 0.215. The average molecular weight is 125 g/mol. The molecule has 0 atom stereocenters. The number of oxime groups is 1. The van der Waals surface area contributed by atoms with Crippen molar-refractivity contribution in [3.63, 3.8) is 0 Å². The molecule has 1 rings (SSSR count). The number of H-pyrrole nitrogens is 1. The molecular weight excluding hydrogens is 118 g/mol. The van der Waals surface area contributed by atoms with E-state index in [1.807, 2.05) is 0 Å². The number of nitrogens with zero attached hydrogens (tertiary/aromatic N) is 1. The molecule has 0 saturated carbocycles. The maximum atomic E-state index is 8.16. The van der Waals surface area contributed by atoms with Crippen LogP contribution in [0.3, 0.4) is 0 Å². The summed E-state index contributed by atoms with van der Waals surface area (Å²) in [5.41, 5.74) is 5.91. The third-order valence-electron chi connectivity index (χ3n) is 1.00. The molecule has 4 heteroatoms. The molecule has 1 aromatic heterocycles. The van der Waals surface area contributed by atoms with E-state index in [9.17, 15) is 0 Å². The van der Waals surface area contributed by atoms with Gasteiger partial charge in [0.1, 0.15) is 0 Å². The van der Waals surface area contributed by atoms with Gasteiger partial charge in [-0.05, 0) is 6.07 Å². The highest BCUT2D eigenvalue weighted by atomic mass is 16.4. The van der Waals surface area contributed by atoms with E-state index in [2.05, 4.69) is 10.1 Å². The molecule has 0 bridgehead atoms. The Morgan fingerprint density at radius 3 is 3.00 bits per heavy atom. The molecule has 0 aliphatic heterocycles. The molecular formula is C5H7N3O. The van der Waals surface area contributed by atoms with Crippen LogP contribution in [-0.4, -0.2) is 16.0 Å². The molecule has 0 aliphatic rings. The first-order chi connectivity index (χ1) is 4.34. The van der Waals surface area contributed by atoms with Crippen molar-refractivity contribution in [2.24, 2.45) is 10.9 Å². The van der Waals surface area contributed by atoms with Gasteiger partial charge in [0.05, 0.1) is 0 Å². The van der Waals surface area contributed by atoms with Crippen LogP contribution in [0.2, 0.25) is 0 Å². The minimum atomic E-state index is 0.122. The Kier molecular flexibility index (Phi) is 1.40. The zero-order valence-electron chi connectivity index (χ0n) is 4.70. The van der Waals surface area contributed by atoms with Gasteiger partial charge in [-0.3, -0.25) is 0 Å². The van der Waals surface area contributed by atoms with Crippen LogP contribution in [0.5, 0.6) is 0 Å². The van der Waals surface area contributed by atoms with Gasteiger partial charge in [-0.25, -0.2) is 0 Å². The van der Waals surface area contributed by atoms with Crippen LogP contribution < -0.4 is 5.73 Å². The maximum Gasteiger partial charge on any atom is 0.171 e. The summed E-state index contributed by atoms with van der Waals surface area (Å²) >= 11 is 0. The van der Waals surface area contributed by atoms with E-state index in [4.69, 9.17) is 10.9 Å². The Labute approximate surface area is 52.0 Å². The second-order valence-corrected chi connectivity index (χ2v) is 1.58. The molecule has 0 spiro atoms. The first-order valence-electron chi connectivity index (χ1n) is 2.45. The second kappa shape index (κ2) is 2.21. The number of aromatic amines is 1. The van der Waals surface area contributed by atoms with E-state index in [1.54, 1.807) is 18.5 Å². The van der Waals surface area contributed by atoms with E-state index >= 15 is 0 Å². The predicted molar refractivity (Wildman–Crippen MR) is 33.3 cm³/mol. The molecule has 1 aromatic rings. The molecule has 0 amide bonds. The number of amidine groups is 1. The van der Waals surface area contributed by atoms with Crippen molar-refractivity contribution < 1.29 is 5.21 Å². The van der Waals surface area contributed by atoms with Crippen molar-refractivity contribution in [1.29, 1.82) is 0 Å². The highest BCUT2D eigenvalue weighted by Crippen LogP contribution is 1.93. The van der Waals surface area contributed by atoms with Crippen LogP contribution in [0.1, 0.15) is 5.56 Å². The summed E-state index contributed by atoms with van der Waals surface area (Å²) in [6.07, 6.45) is 3.35. The minimum absolute atomic E-state index is 0.122. The van der Waals surface area contributed by atoms with E-state index < -0.39 is 0 Å². The SMILES string of the molecule is N/C(=N\O)c1cc[nH]c1. The molecule has 4 nitrogen and oxygen atoms in total. The number of nitrogens with one attached hydrogen (secondary N) is 1. The van der Waals surface area contributed by atoms with Crippen LogP contribution in [0.15, 0.2) is 23.6 Å². The lowest BCUT2D eigenvalue weighted by atomic mass is 10.3. The summed E-state index contributed by atoms with van der Waals surface area (Å²) in [5.74, 6) is 0.122. The molecule has 4 N–H and O–H groups in total. The molecule has 0 aromatic carbocycles. The van der Waals surface area contributed by atoms with Gasteiger partial charge in [0, 0.05) is 18.0 Å². The lowest BCUT2D eigenvalue weighted by Gasteiger charge is -1.87. The van der Waals surface area contributed by atoms with Gasteiger partial charge in [-0.15, -0.1) is 0 Å². The number of nitrogens with two attached hydrogens (primary N) is 1. The molecule has 0 saturated heterocycles. The fraction of sp³-hybridized carbons (Fsp3) is 0. The van der Waals surface area contributed by atoms with Gasteiger partial charge in [0.25, 0.3) is 0 Å². The standard InChI is InChI=1S/C5H7N3O/c6-5(8-9)4-1-2-7-3-4/h1-3,7,9H,(H2,6,8). The van der Waals surface area contributed by atoms with Crippen molar-refractivity contribution >= 4 is 5.84 Å². The van der Waals surface area contributed by atoms with Gasteiger partial charge in [-0.2, -0.15) is 0 Å². The van der Waals surface area contributed by atoms with Gasteiger partial charge >= 0.3 is 0 Å². The maximum absolute atomic E-state index is 8.16. The summed E-state index contributed by atoms with van der Waals surface area (Å²) in [7, 11) is 0. The number of hydrogen-bond acceptors (Lipinski definition) is 2. The zero-order valence-corrected chi connectivity index (χ0v) is 4.70. The van der Waals surface area contributed by atoms with Crippen LogP contribution >= 0.6 is 0 Å². The Balaban J connectivity index is 2.90. The molecule has 9 heavy (non-hydrogen) atoms. The van der Waals surface area contributed by atoms with Crippen molar-refractivity contribution in [3.8, 4) is 0 Å². The highest BCUT2D eigenvalue weighted by Gasteiger charge is 1.95. The first kappa shape index (κ1) is 5.68. The van der Waals surface area contributed by atoms with Crippen molar-refractivity contribution in [2.45, 2.75) is 0 Å². The van der Waals surface area contributed by atoms with E-state index in [0.29, 0.717) is 5.56 Å². The number of hydrogen-bond donors (Lipinski definition) is 3. The second-order valence-electron chi connectivity index (χ2n) is 1.58. The summed E-state index contributed by atoms with van der Waals surface area (Å²) in [6, 6.07) is 1.72. The van der Waals surface area contributed by atoms with Gasteiger partial charge in [0.2, 0.25) is 0 Å². The number of aromatic nitrogens is 1. The lowest BCUT2D eigenvalue weighted by molar-refractivity contribution is 0.318. The summed E-state index contributed by atoms with van der Waals surface area (Å²) in [6.45, 7) is 0. The van der Waals surface area contributed by atoms with Crippen LogP contribution in [0, 0.1) is 0 Å². The Morgan fingerprint density at radius 1 is 1.78 bits per heavy atom. The topological polar surface area (TPSA) is 74.4 Å². The Morgan fingerprint density at radius 2 is 2.56 bits per heavy atom. The van der Waals surface area contributed by atoms with Crippen LogP contribution in [0.25, 0.3) is 0 Å². The molecule has 48 valence electrons. The minimum Gasteiger partial charge on any atom is -0.409 e. The molecule has 0 fully saturated rings. The summed E-state index contributed by atoms with van der Waals surface area (Å²) in [5, 5.41) is 11.0. The summed E-state index contributed by atoms with van der Waals surface area (Å²) < 4.78 is 0. The molecule has 1 heterocycles. The van der Waals surface area contributed by atoms with Gasteiger partial charge in [-0.1, -0.05) is 5.16 Å². The van der Waals surface area contributed by atoms with Crippen LogP contribution in [0.4, 0.5) is 0 Å². The third kappa shape index (κ3) is 1.02. The molecule has 0 radical (unpaired) electrons. The zero-order chi connectivity index (χ0) is 6.69. The van der Waals surface area contributed by atoms with Crippen LogP contribution in [-0.2, 0) is 0 Å². The van der Waals surface area contributed by atoms with E-state index in [1.165, 1.54) is 0 Å². The molecule has 0 aliphatic carbocycles. The monoisotopic (exact) mass is 125 g/mol. The van der Waals surface area contributed by atoms with E-state index in [0.717, 1.165) is 0 Å². The molecule has 0 unspecified atom stereocenters. The van der Waals surface area contributed by atoms with Crippen molar-refractivity contribution in [3.05, 3.63) is 24.0 Å². The fourth-order valence-electron chi connectivity index (χ4n) is 0.541. The summed E-state index contributed by atoms with van der Waals surface area (Å²) in [4.78, 5) is 2.77.